The van der Waals surface area contributed by atoms with Crippen molar-refractivity contribution >= 4 is 0 Å². The predicted molar refractivity (Wildman–Crippen MR) is 42.9 cm³/mol. The Morgan fingerprint density at radius 1 is 1.50 bits per heavy atom. The quantitative estimate of drug-likeness (QED) is 0.533. The fraction of sp³-hybridized carbons (Fsp3) is 1.00. The van der Waals surface area contributed by atoms with Gasteiger partial charge in [0.2, 0.25) is 0 Å². The van der Waals surface area contributed by atoms with Crippen molar-refractivity contribution in [2.75, 3.05) is 20.1 Å². The van der Waals surface area contributed by atoms with E-state index in [1.165, 1.54) is 19.5 Å². The molecule has 1 aliphatic heterocycles. The van der Waals surface area contributed by atoms with Crippen molar-refractivity contribution in [3.63, 3.8) is 0 Å². The summed E-state index contributed by atoms with van der Waals surface area (Å²) in [6.07, 6.45) is 1.51. The number of nitrogens with zero attached hydrogens (tertiary/aromatic N) is 1. The molecule has 0 bridgehead atoms. The highest BCUT2D eigenvalue weighted by atomic mass is 15.2. The summed E-state index contributed by atoms with van der Waals surface area (Å²) in [5, 5.41) is 0. The third-order valence-electron chi connectivity index (χ3n) is 3.53. The summed E-state index contributed by atoms with van der Waals surface area (Å²) in [5.41, 5.74) is 0.759. The number of piperidine rings is 1. The summed E-state index contributed by atoms with van der Waals surface area (Å²) in [4.78, 5) is 2.48. The molecule has 1 heterocycles. The molecule has 2 atom stereocenters. The maximum Gasteiger partial charge on any atom is 0.00407 e. The summed E-state index contributed by atoms with van der Waals surface area (Å²) >= 11 is 0. The topological polar surface area (TPSA) is 3.24 Å². The molecule has 2 fully saturated rings. The van der Waals surface area contributed by atoms with Crippen LogP contribution < -0.4 is 0 Å². The highest BCUT2D eigenvalue weighted by molar-refractivity contribution is 5.10. The summed E-state index contributed by atoms with van der Waals surface area (Å²) in [6.45, 7) is 7.46. The minimum Gasteiger partial charge on any atom is -0.305 e. The van der Waals surface area contributed by atoms with Gasteiger partial charge in [0.15, 0.2) is 0 Å². The Labute approximate surface area is 63.4 Å². The third kappa shape index (κ3) is 0.672. The molecule has 1 saturated carbocycles. The molecule has 0 N–H and O–H groups in total. The van der Waals surface area contributed by atoms with Gasteiger partial charge in [-0.15, -0.1) is 0 Å². The lowest BCUT2D eigenvalue weighted by Gasteiger charge is -2.19. The molecule has 0 aromatic rings. The summed E-state index contributed by atoms with van der Waals surface area (Å²) in [5.74, 6) is 1.96. The van der Waals surface area contributed by atoms with Crippen molar-refractivity contribution in [3.05, 3.63) is 0 Å². The highest BCUT2D eigenvalue weighted by Gasteiger charge is 2.60. The van der Waals surface area contributed by atoms with Gasteiger partial charge in [-0.1, -0.05) is 13.8 Å². The molecule has 1 aliphatic carbocycles. The number of likely N-dealkylation sites (tertiary alicyclic amines) is 1. The lowest BCUT2D eigenvalue weighted by atomic mass is 9.92. The van der Waals surface area contributed by atoms with Crippen LogP contribution in [0.15, 0.2) is 0 Å². The first-order valence-electron chi connectivity index (χ1n) is 4.34. The Balaban J connectivity index is 2.08. The molecule has 0 aromatic heterocycles. The smallest absolute Gasteiger partial charge is 0.00407 e. The van der Waals surface area contributed by atoms with Crippen molar-refractivity contribution < 1.29 is 0 Å². The van der Waals surface area contributed by atoms with E-state index in [1.54, 1.807) is 0 Å². The van der Waals surface area contributed by atoms with Crippen LogP contribution in [0.4, 0.5) is 0 Å². The molecule has 2 rings (SSSR count). The van der Waals surface area contributed by atoms with Gasteiger partial charge in [-0.3, -0.25) is 0 Å². The average molecular weight is 139 g/mol. The van der Waals surface area contributed by atoms with Crippen LogP contribution in [0.25, 0.3) is 0 Å². The van der Waals surface area contributed by atoms with Gasteiger partial charge in [0.25, 0.3) is 0 Å². The lowest BCUT2D eigenvalue weighted by Crippen LogP contribution is -2.22. The Morgan fingerprint density at radius 2 is 2.20 bits per heavy atom. The molecule has 1 saturated heterocycles. The third-order valence-corrected chi connectivity index (χ3v) is 3.53. The molecule has 0 amide bonds. The summed E-state index contributed by atoms with van der Waals surface area (Å²) < 4.78 is 0. The predicted octanol–water partition coefficient (Wildman–Crippen LogP) is 1.59. The molecule has 0 spiro atoms. The van der Waals surface area contributed by atoms with Crippen LogP contribution in [0.5, 0.6) is 0 Å². The fourth-order valence-electron chi connectivity index (χ4n) is 2.67. The van der Waals surface area contributed by atoms with Crippen LogP contribution >= 0.6 is 0 Å². The molecule has 2 aliphatic rings. The van der Waals surface area contributed by atoms with Gasteiger partial charge in [-0.2, -0.15) is 0 Å². The second-order valence-electron chi connectivity index (χ2n) is 4.49. The van der Waals surface area contributed by atoms with E-state index in [2.05, 4.69) is 25.8 Å². The second-order valence-corrected chi connectivity index (χ2v) is 4.49. The molecule has 0 unspecified atom stereocenters. The van der Waals surface area contributed by atoms with Crippen LogP contribution in [-0.2, 0) is 0 Å². The van der Waals surface area contributed by atoms with Gasteiger partial charge in [-0.25, -0.2) is 0 Å². The van der Waals surface area contributed by atoms with Gasteiger partial charge in [0.1, 0.15) is 0 Å². The van der Waals surface area contributed by atoms with E-state index in [-0.39, 0.29) is 0 Å². The van der Waals surface area contributed by atoms with E-state index >= 15 is 0 Å². The fourth-order valence-corrected chi connectivity index (χ4v) is 2.67. The first-order chi connectivity index (χ1) is 4.65. The number of rotatable bonds is 1. The normalized spacial score (nSPS) is 46.2. The molecule has 1 heteroatoms. The molecule has 0 aromatic carbocycles. The first-order valence-corrected chi connectivity index (χ1v) is 4.34. The zero-order chi connectivity index (χ0) is 7.35. The summed E-state index contributed by atoms with van der Waals surface area (Å²) in [6, 6.07) is 0. The van der Waals surface area contributed by atoms with E-state index < -0.39 is 0 Å². The zero-order valence-electron chi connectivity index (χ0n) is 7.22. The molecule has 58 valence electrons. The molecular weight excluding hydrogens is 122 g/mol. The first kappa shape index (κ1) is 6.66. The van der Waals surface area contributed by atoms with E-state index in [9.17, 15) is 0 Å². The highest BCUT2D eigenvalue weighted by Crippen LogP contribution is 2.61. The van der Waals surface area contributed by atoms with Crippen LogP contribution in [0, 0.1) is 17.3 Å². The van der Waals surface area contributed by atoms with Gasteiger partial charge < -0.3 is 4.90 Å². The minimum atomic E-state index is 0.759. The van der Waals surface area contributed by atoms with Crippen molar-refractivity contribution in [1.82, 2.24) is 4.90 Å². The van der Waals surface area contributed by atoms with Gasteiger partial charge >= 0.3 is 0 Å². The van der Waals surface area contributed by atoms with E-state index in [0.29, 0.717) is 0 Å². The maximum absolute atomic E-state index is 2.48. The van der Waals surface area contributed by atoms with Crippen LogP contribution in [0.2, 0.25) is 0 Å². The second kappa shape index (κ2) is 1.76. The standard InChI is InChI=1S/C9H17N/c1-7(2)9-4-8(9)5-10(3)6-9/h7-8H,4-6H2,1-3H3/t8-,9+/m1/s1. The van der Waals surface area contributed by atoms with Crippen molar-refractivity contribution in [1.29, 1.82) is 0 Å². The van der Waals surface area contributed by atoms with E-state index in [1.807, 2.05) is 0 Å². The molecule has 1 nitrogen and oxygen atoms in total. The van der Waals surface area contributed by atoms with Crippen LogP contribution in [0.1, 0.15) is 20.3 Å². The summed E-state index contributed by atoms with van der Waals surface area (Å²) in [7, 11) is 2.25. The lowest BCUT2D eigenvalue weighted by molar-refractivity contribution is 0.286. The number of hydrogen-bond acceptors (Lipinski definition) is 1. The van der Waals surface area contributed by atoms with Crippen LogP contribution in [0.3, 0.4) is 0 Å². The zero-order valence-corrected chi connectivity index (χ0v) is 7.22. The van der Waals surface area contributed by atoms with Gasteiger partial charge in [0, 0.05) is 13.1 Å². The van der Waals surface area contributed by atoms with Crippen molar-refractivity contribution in [2.45, 2.75) is 20.3 Å². The number of hydrogen-bond donors (Lipinski definition) is 0. The SMILES string of the molecule is CC(C)[C@@]12C[C@@H]1CN(C)C2. The van der Waals surface area contributed by atoms with Gasteiger partial charge in [0.05, 0.1) is 0 Å². The van der Waals surface area contributed by atoms with Crippen molar-refractivity contribution in [2.24, 2.45) is 17.3 Å². The largest absolute Gasteiger partial charge is 0.305 e. The molecule has 10 heavy (non-hydrogen) atoms. The van der Waals surface area contributed by atoms with E-state index in [0.717, 1.165) is 17.3 Å². The molecular formula is C9H17N. The maximum atomic E-state index is 2.48. The van der Waals surface area contributed by atoms with Crippen molar-refractivity contribution in [3.8, 4) is 0 Å². The minimum absolute atomic E-state index is 0.759. The van der Waals surface area contributed by atoms with E-state index in [4.69, 9.17) is 0 Å². The Kier molecular flexibility index (Phi) is 1.17. The number of fused-ring (bicyclic) bond motifs is 1. The monoisotopic (exact) mass is 139 g/mol. The Hall–Kier alpha value is -0.0400. The Bertz CT molecular complexity index is 153. The van der Waals surface area contributed by atoms with Gasteiger partial charge in [-0.05, 0) is 30.7 Å². The molecule has 0 radical (unpaired) electrons. The van der Waals surface area contributed by atoms with Crippen LogP contribution in [-0.4, -0.2) is 25.0 Å². The Morgan fingerprint density at radius 3 is 2.50 bits per heavy atom. The average Bonchev–Trinajstić information content (AvgIpc) is 2.37.